The molecule has 3 atom stereocenters. The second-order valence-electron chi connectivity index (χ2n) is 4.93. The minimum absolute atomic E-state index is 0.937. The van der Waals surface area contributed by atoms with Crippen LogP contribution in [0.1, 0.15) is 46.0 Å². The topological polar surface area (TPSA) is 3.24 Å². The summed E-state index contributed by atoms with van der Waals surface area (Å²) in [5.41, 5.74) is 0. The van der Waals surface area contributed by atoms with Gasteiger partial charge in [0.05, 0.1) is 0 Å². The first-order chi connectivity index (χ1) is 6.33. The van der Waals surface area contributed by atoms with Crippen LogP contribution in [-0.4, -0.2) is 24.0 Å². The van der Waals surface area contributed by atoms with E-state index in [1.54, 1.807) is 0 Å². The normalized spacial score (nSPS) is 41.5. The second-order valence-corrected chi connectivity index (χ2v) is 4.93. The van der Waals surface area contributed by atoms with Crippen LogP contribution in [-0.2, 0) is 0 Å². The number of rotatable bonds is 1. The predicted molar refractivity (Wildman–Crippen MR) is 56.8 cm³/mol. The Labute approximate surface area is 82.5 Å². The van der Waals surface area contributed by atoms with E-state index >= 15 is 0 Å². The molecule has 1 saturated heterocycles. The highest BCUT2D eigenvalue weighted by Crippen LogP contribution is 2.38. The third kappa shape index (κ3) is 1.76. The molecular weight excluding hydrogens is 158 g/mol. The lowest BCUT2D eigenvalue weighted by Gasteiger charge is -2.47. The average Bonchev–Trinajstić information content (AvgIpc) is 2.17. The van der Waals surface area contributed by atoms with Gasteiger partial charge in [-0.25, -0.2) is 0 Å². The van der Waals surface area contributed by atoms with E-state index in [9.17, 15) is 0 Å². The first-order valence-corrected chi connectivity index (χ1v) is 6.07. The van der Waals surface area contributed by atoms with Gasteiger partial charge in [0.25, 0.3) is 0 Å². The molecule has 13 heavy (non-hydrogen) atoms. The zero-order chi connectivity index (χ0) is 9.26. The Hall–Kier alpha value is -0.0400. The van der Waals surface area contributed by atoms with Crippen LogP contribution < -0.4 is 0 Å². The summed E-state index contributed by atoms with van der Waals surface area (Å²) in [6.07, 6.45) is 7.41. The molecule has 0 aromatic carbocycles. The van der Waals surface area contributed by atoms with E-state index in [1.165, 1.54) is 45.2 Å². The first kappa shape index (κ1) is 9.51. The predicted octanol–water partition coefficient (Wildman–Crippen LogP) is 2.91. The number of piperidine rings is 1. The second kappa shape index (κ2) is 4.00. The Morgan fingerprint density at radius 3 is 2.69 bits per heavy atom. The highest BCUT2D eigenvalue weighted by Gasteiger charge is 2.36. The highest BCUT2D eigenvalue weighted by molar-refractivity contribution is 4.90. The average molecular weight is 181 g/mol. The molecule has 2 rings (SSSR count). The molecular formula is C12H23N. The van der Waals surface area contributed by atoms with Crippen LogP contribution in [0.4, 0.5) is 0 Å². The Bertz CT molecular complexity index is 158. The molecule has 0 amide bonds. The summed E-state index contributed by atoms with van der Waals surface area (Å²) < 4.78 is 0. The number of hydrogen-bond acceptors (Lipinski definition) is 1. The lowest BCUT2D eigenvalue weighted by molar-refractivity contribution is 0.0292. The van der Waals surface area contributed by atoms with Gasteiger partial charge in [0.15, 0.2) is 0 Å². The fourth-order valence-corrected chi connectivity index (χ4v) is 3.56. The minimum Gasteiger partial charge on any atom is -0.300 e. The highest BCUT2D eigenvalue weighted by atomic mass is 15.2. The van der Waals surface area contributed by atoms with Gasteiger partial charge in [-0.15, -0.1) is 0 Å². The first-order valence-electron chi connectivity index (χ1n) is 6.07. The van der Waals surface area contributed by atoms with E-state index in [0.717, 1.165) is 17.9 Å². The molecule has 0 spiro atoms. The summed E-state index contributed by atoms with van der Waals surface area (Å²) in [5, 5.41) is 0. The van der Waals surface area contributed by atoms with Crippen LogP contribution in [0.2, 0.25) is 0 Å². The molecule has 76 valence electrons. The van der Waals surface area contributed by atoms with E-state index in [0.29, 0.717) is 0 Å². The molecule has 2 fully saturated rings. The molecule has 0 unspecified atom stereocenters. The number of fused-ring (bicyclic) bond motifs is 1. The maximum Gasteiger partial charge on any atom is 0.0149 e. The van der Waals surface area contributed by atoms with Gasteiger partial charge in [0.2, 0.25) is 0 Å². The van der Waals surface area contributed by atoms with Gasteiger partial charge < -0.3 is 4.90 Å². The summed E-state index contributed by atoms with van der Waals surface area (Å²) in [4.78, 5) is 2.73. The zero-order valence-corrected chi connectivity index (χ0v) is 9.13. The van der Waals surface area contributed by atoms with Gasteiger partial charge in [-0.1, -0.05) is 20.3 Å². The van der Waals surface area contributed by atoms with Crippen molar-refractivity contribution in [3.8, 4) is 0 Å². The maximum atomic E-state index is 2.73. The van der Waals surface area contributed by atoms with E-state index in [2.05, 4.69) is 18.7 Å². The Balaban J connectivity index is 2.07. The maximum absolute atomic E-state index is 2.73. The van der Waals surface area contributed by atoms with Crippen LogP contribution in [0.25, 0.3) is 0 Å². The molecule has 0 radical (unpaired) electrons. The molecule has 0 bridgehead atoms. The van der Waals surface area contributed by atoms with Gasteiger partial charge >= 0.3 is 0 Å². The van der Waals surface area contributed by atoms with Crippen LogP contribution in [0.5, 0.6) is 0 Å². The van der Waals surface area contributed by atoms with Gasteiger partial charge in [-0.2, -0.15) is 0 Å². The SMILES string of the molecule is CCN1CCC[C@H]2CCC[C@H](C)[C@@H]21. The summed E-state index contributed by atoms with van der Waals surface area (Å²) in [6.45, 7) is 7.42. The molecule has 1 saturated carbocycles. The van der Waals surface area contributed by atoms with Crippen molar-refractivity contribution in [2.45, 2.75) is 52.0 Å². The van der Waals surface area contributed by atoms with Crippen molar-refractivity contribution in [2.75, 3.05) is 13.1 Å². The van der Waals surface area contributed by atoms with Crippen LogP contribution >= 0.6 is 0 Å². The van der Waals surface area contributed by atoms with Crippen molar-refractivity contribution in [3.05, 3.63) is 0 Å². The van der Waals surface area contributed by atoms with E-state index in [-0.39, 0.29) is 0 Å². The summed E-state index contributed by atoms with van der Waals surface area (Å²) in [5.74, 6) is 2.00. The fourth-order valence-electron chi connectivity index (χ4n) is 3.56. The Morgan fingerprint density at radius 1 is 1.15 bits per heavy atom. The minimum atomic E-state index is 0.937. The molecule has 1 aliphatic heterocycles. The van der Waals surface area contributed by atoms with Gasteiger partial charge in [-0.3, -0.25) is 0 Å². The molecule has 1 aliphatic carbocycles. The molecule has 1 heterocycles. The van der Waals surface area contributed by atoms with Crippen molar-refractivity contribution >= 4 is 0 Å². The van der Waals surface area contributed by atoms with Crippen molar-refractivity contribution in [3.63, 3.8) is 0 Å². The molecule has 1 heteroatoms. The standard InChI is InChI=1S/C12H23N/c1-3-13-9-5-8-11-7-4-6-10(2)12(11)13/h10-12H,3-9H2,1-2H3/t10-,11+,12-/m0/s1. The van der Waals surface area contributed by atoms with E-state index < -0.39 is 0 Å². The monoisotopic (exact) mass is 181 g/mol. The van der Waals surface area contributed by atoms with Crippen molar-refractivity contribution in [1.82, 2.24) is 4.90 Å². The lowest BCUT2D eigenvalue weighted by atomic mass is 9.73. The molecule has 0 aromatic heterocycles. The Kier molecular flexibility index (Phi) is 2.92. The Morgan fingerprint density at radius 2 is 1.92 bits per heavy atom. The quantitative estimate of drug-likeness (QED) is 0.601. The number of likely N-dealkylation sites (tertiary alicyclic amines) is 1. The number of hydrogen-bond donors (Lipinski definition) is 0. The van der Waals surface area contributed by atoms with Gasteiger partial charge in [0, 0.05) is 6.04 Å². The third-order valence-electron chi connectivity index (χ3n) is 4.15. The molecule has 0 aromatic rings. The summed E-state index contributed by atoms with van der Waals surface area (Å²) in [7, 11) is 0. The smallest absolute Gasteiger partial charge is 0.0149 e. The van der Waals surface area contributed by atoms with Crippen LogP contribution in [0.15, 0.2) is 0 Å². The van der Waals surface area contributed by atoms with Crippen LogP contribution in [0.3, 0.4) is 0 Å². The molecule has 0 N–H and O–H groups in total. The van der Waals surface area contributed by atoms with Gasteiger partial charge in [0.1, 0.15) is 0 Å². The van der Waals surface area contributed by atoms with E-state index in [4.69, 9.17) is 0 Å². The van der Waals surface area contributed by atoms with E-state index in [1.807, 2.05) is 0 Å². The lowest BCUT2D eigenvalue weighted by Crippen LogP contribution is -2.50. The molecule has 1 nitrogen and oxygen atoms in total. The third-order valence-corrected chi connectivity index (χ3v) is 4.15. The van der Waals surface area contributed by atoms with Gasteiger partial charge in [-0.05, 0) is 50.6 Å². The van der Waals surface area contributed by atoms with Crippen molar-refractivity contribution in [2.24, 2.45) is 11.8 Å². The number of nitrogens with zero attached hydrogens (tertiary/aromatic N) is 1. The molecule has 2 aliphatic rings. The summed E-state index contributed by atoms with van der Waals surface area (Å²) >= 11 is 0. The van der Waals surface area contributed by atoms with Crippen molar-refractivity contribution < 1.29 is 0 Å². The largest absolute Gasteiger partial charge is 0.300 e. The fraction of sp³-hybridized carbons (Fsp3) is 1.00. The summed E-state index contributed by atoms with van der Waals surface area (Å²) in [6, 6.07) is 0.937. The van der Waals surface area contributed by atoms with Crippen LogP contribution in [0, 0.1) is 11.8 Å². The van der Waals surface area contributed by atoms with Crippen molar-refractivity contribution in [1.29, 1.82) is 0 Å². The zero-order valence-electron chi connectivity index (χ0n) is 9.13.